The normalized spacial score (nSPS) is 10.8. The van der Waals surface area contributed by atoms with E-state index >= 15 is 0 Å². The largest absolute Gasteiger partial charge is 0.477 e. The SMILES string of the molecule is Cc1cc(-c2c(C)cc(-c3ccc(C(=O)O)s3)cc2C)cc(C)c1C=O. The number of carboxylic acids is 1. The van der Waals surface area contributed by atoms with Gasteiger partial charge in [0.25, 0.3) is 0 Å². The fourth-order valence-electron chi connectivity index (χ4n) is 3.47. The summed E-state index contributed by atoms with van der Waals surface area (Å²) in [6.45, 7) is 8.04. The molecule has 132 valence electrons. The zero-order valence-electron chi connectivity index (χ0n) is 15.2. The molecule has 0 saturated carbocycles. The second-order valence-electron chi connectivity index (χ2n) is 6.60. The van der Waals surface area contributed by atoms with Crippen LogP contribution in [-0.2, 0) is 0 Å². The van der Waals surface area contributed by atoms with Crippen LogP contribution in [0.2, 0.25) is 0 Å². The van der Waals surface area contributed by atoms with Crippen LogP contribution in [0.5, 0.6) is 0 Å². The summed E-state index contributed by atoms with van der Waals surface area (Å²) in [6.07, 6.45) is 0.911. The van der Waals surface area contributed by atoms with E-state index in [-0.39, 0.29) is 0 Å². The molecule has 0 aliphatic carbocycles. The number of hydrogen-bond acceptors (Lipinski definition) is 3. The lowest BCUT2D eigenvalue weighted by Crippen LogP contribution is -1.96. The van der Waals surface area contributed by atoms with E-state index in [0.29, 0.717) is 4.88 Å². The molecule has 1 aromatic heterocycles. The Morgan fingerprint density at radius 2 is 1.42 bits per heavy atom. The topological polar surface area (TPSA) is 54.4 Å². The van der Waals surface area contributed by atoms with E-state index in [1.165, 1.54) is 11.3 Å². The molecule has 26 heavy (non-hydrogen) atoms. The first kappa shape index (κ1) is 18.1. The van der Waals surface area contributed by atoms with Crippen molar-refractivity contribution in [3.8, 4) is 21.6 Å². The van der Waals surface area contributed by atoms with Gasteiger partial charge in [0.2, 0.25) is 0 Å². The summed E-state index contributed by atoms with van der Waals surface area (Å²) in [7, 11) is 0. The average Bonchev–Trinajstić information content (AvgIpc) is 3.04. The van der Waals surface area contributed by atoms with Crippen molar-refractivity contribution in [2.75, 3.05) is 0 Å². The molecule has 0 bridgehead atoms. The van der Waals surface area contributed by atoms with Crippen molar-refractivity contribution in [1.29, 1.82) is 0 Å². The van der Waals surface area contributed by atoms with Crippen LogP contribution in [0, 0.1) is 27.7 Å². The molecule has 0 fully saturated rings. The number of carbonyl (C=O) groups is 2. The highest BCUT2D eigenvalue weighted by molar-refractivity contribution is 7.17. The predicted molar refractivity (Wildman–Crippen MR) is 106 cm³/mol. The fraction of sp³-hybridized carbons (Fsp3) is 0.182. The van der Waals surface area contributed by atoms with Crippen LogP contribution in [0.25, 0.3) is 21.6 Å². The van der Waals surface area contributed by atoms with Crippen LogP contribution in [0.4, 0.5) is 0 Å². The maximum Gasteiger partial charge on any atom is 0.345 e. The Bertz CT molecular complexity index is 982. The number of carboxylic acid groups (broad SMARTS) is 1. The first-order valence-electron chi connectivity index (χ1n) is 8.33. The minimum absolute atomic E-state index is 0.343. The van der Waals surface area contributed by atoms with Crippen LogP contribution in [0.15, 0.2) is 36.4 Å². The monoisotopic (exact) mass is 364 g/mol. The van der Waals surface area contributed by atoms with Crippen molar-refractivity contribution in [1.82, 2.24) is 0 Å². The molecule has 0 aliphatic heterocycles. The Balaban J connectivity index is 2.11. The highest BCUT2D eigenvalue weighted by Gasteiger charge is 2.14. The number of thiophene rings is 1. The fourth-order valence-corrected chi connectivity index (χ4v) is 4.31. The van der Waals surface area contributed by atoms with E-state index < -0.39 is 5.97 Å². The van der Waals surface area contributed by atoms with Gasteiger partial charge in [-0.25, -0.2) is 4.79 Å². The van der Waals surface area contributed by atoms with E-state index in [1.807, 2.05) is 19.9 Å². The number of rotatable bonds is 4. The Kier molecular flexibility index (Phi) is 4.79. The first-order valence-corrected chi connectivity index (χ1v) is 9.15. The van der Waals surface area contributed by atoms with Crippen molar-refractivity contribution in [2.24, 2.45) is 0 Å². The van der Waals surface area contributed by atoms with Crippen molar-refractivity contribution >= 4 is 23.6 Å². The Labute approximate surface area is 156 Å². The van der Waals surface area contributed by atoms with E-state index in [0.717, 1.165) is 55.7 Å². The van der Waals surface area contributed by atoms with Gasteiger partial charge < -0.3 is 5.11 Å². The first-order chi connectivity index (χ1) is 12.3. The van der Waals surface area contributed by atoms with Gasteiger partial charge in [-0.1, -0.05) is 12.1 Å². The maximum atomic E-state index is 11.2. The third-order valence-corrected chi connectivity index (χ3v) is 5.76. The van der Waals surface area contributed by atoms with Crippen LogP contribution in [0.3, 0.4) is 0 Å². The summed E-state index contributed by atoms with van der Waals surface area (Å²) in [5, 5.41) is 9.13. The summed E-state index contributed by atoms with van der Waals surface area (Å²) < 4.78 is 0. The molecule has 0 radical (unpaired) electrons. The number of hydrogen-bond donors (Lipinski definition) is 1. The molecule has 3 nitrogen and oxygen atoms in total. The van der Waals surface area contributed by atoms with E-state index in [9.17, 15) is 9.59 Å². The third kappa shape index (κ3) is 3.20. The number of aryl methyl sites for hydroxylation is 4. The molecule has 0 amide bonds. The lowest BCUT2D eigenvalue weighted by atomic mass is 9.90. The van der Waals surface area contributed by atoms with Gasteiger partial charge in [-0.05, 0) is 90.9 Å². The Morgan fingerprint density at radius 1 is 0.885 bits per heavy atom. The molecular formula is C22H20O3S. The van der Waals surface area contributed by atoms with E-state index in [2.05, 4.69) is 38.1 Å². The molecule has 2 aromatic carbocycles. The lowest BCUT2D eigenvalue weighted by Gasteiger charge is -2.15. The quantitative estimate of drug-likeness (QED) is 0.593. The smallest absolute Gasteiger partial charge is 0.345 e. The van der Waals surface area contributed by atoms with Crippen molar-refractivity contribution in [3.05, 3.63) is 69.1 Å². The molecule has 0 aliphatic rings. The zero-order valence-corrected chi connectivity index (χ0v) is 16.0. The third-order valence-electron chi connectivity index (χ3n) is 4.63. The summed E-state index contributed by atoms with van der Waals surface area (Å²) in [4.78, 5) is 23.7. The molecular weight excluding hydrogens is 344 g/mol. The van der Waals surface area contributed by atoms with Gasteiger partial charge in [0, 0.05) is 10.4 Å². The van der Waals surface area contributed by atoms with Gasteiger partial charge in [-0.15, -0.1) is 11.3 Å². The van der Waals surface area contributed by atoms with E-state index in [4.69, 9.17) is 5.11 Å². The lowest BCUT2D eigenvalue weighted by molar-refractivity contribution is 0.0702. The van der Waals surface area contributed by atoms with Gasteiger partial charge >= 0.3 is 5.97 Å². The molecule has 4 heteroatoms. The molecule has 1 N–H and O–H groups in total. The second kappa shape index (κ2) is 6.89. The highest BCUT2D eigenvalue weighted by Crippen LogP contribution is 2.36. The van der Waals surface area contributed by atoms with Gasteiger partial charge in [-0.2, -0.15) is 0 Å². The summed E-state index contributed by atoms with van der Waals surface area (Å²) in [5.41, 5.74) is 8.24. The Hall–Kier alpha value is -2.72. The van der Waals surface area contributed by atoms with Crippen LogP contribution in [-0.4, -0.2) is 17.4 Å². The van der Waals surface area contributed by atoms with Crippen LogP contribution in [0.1, 0.15) is 42.3 Å². The number of benzene rings is 2. The van der Waals surface area contributed by atoms with Crippen molar-refractivity contribution in [3.63, 3.8) is 0 Å². The standard InChI is InChI=1S/C22H20O3S/c1-12-7-17(8-13(2)18(12)11-23)21-14(3)9-16(10-15(21)4)19-5-6-20(26-19)22(24)25/h5-11H,1-4H3,(H,24,25). The average molecular weight is 364 g/mol. The molecule has 3 aromatic rings. The molecule has 0 saturated heterocycles. The molecule has 3 rings (SSSR count). The minimum atomic E-state index is -0.896. The number of aromatic carboxylic acids is 1. The summed E-state index contributed by atoms with van der Waals surface area (Å²) in [5.74, 6) is -0.896. The maximum absolute atomic E-state index is 11.2. The molecule has 0 unspecified atom stereocenters. The van der Waals surface area contributed by atoms with Crippen molar-refractivity contribution in [2.45, 2.75) is 27.7 Å². The van der Waals surface area contributed by atoms with E-state index in [1.54, 1.807) is 6.07 Å². The molecule has 0 spiro atoms. The number of aldehydes is 1. The van der Waals surface area contributed by atoms with Crippen LogP contribution >= 0.6 is 11.3 Å². The molecule has 0 atom stereocenters. The minimum Gasteiger partial charge on any atom is -0.477 e. The van der Waals surface area contributed by atoms with Crippen molar-refractivity contribution < 1.29 is 14.7 Å². The molecule has 1 heterocycles. The van der Waals surface area contributed by atoms with Gasteiger partial charge in [0.15, 0.2) is 6.29 Å². The van der Waals surface area contributed by atoms with Gasteiger partial charge in [0.1, 0.15) is 4.88 Å². The summed E-state index contributed by atoms with van der Waals surface area (Å²) in [6, 6.07) is 11.8. The Morgan fingerprint density at radius 3 is 1.88 bits per heavy atom. The highest BCUT2D eigenvalue weighted by atomic mass is 32.1. The van der Waals surface area contributed by atoms with Crippen LogP contribution < -0.4 is 0 Å². The second-order valence-corrected chi connectivity index (χ2v) is 7.68. The zero-order chi connectivity index (χ0) is 19.0. The number of carbonyl (C=O) groups excluding carboxylic acids is 1. The summed E-state index contributed by atoms with van der Waals surface area (Å²) >= 11 is 1.28. The van der Waals surface area contributed by atoms with Gasteiger partial charge in [0.05, 0.1) is 0 Å². The predicted octanol–water partition coefficient (Wildman–Crippen LogP) is 5.83. The van der Waals surface area contributed by atoms with Gasteiger partial charge in [-0.3, -0.25) is 4.79 Å².